The fourth-order valence-corrected chi connectivity index (χ4v) is 5.73. The van der Waals surface area contributed by atoms with Crippen LogP contribution in [0.1, 0.15) is 37.9 Å². The zero-order chi connectivity index (χ0) is 23.4. The van der Waals surface area contributed by atoms with Gasteiger partial charge in [0, 0.05) is 0 Å². The van der Waals surface area contributed by atoms with Gasteiger partial charge in [0.2, 0.25) is 5.82 Å². The topological polar surface area (TPSA) is 117 Å². The third-order valence-corrected chi connectivity index (χ3v) is 7.67. The van der Waals surface area contributed by atoms with E-state index in [9.17, 15) is 13.5 Å². The second-order valence-electron chi connectivity index (χ2n) is 8.26. The summed E-state index contributed by atoms with van der Waals surface area (Å²) < 4.78 is 44.2. The molecule has 1 N–H and O–H groups in total. The lowest BCUT2D eigenvalue weighted by Crippen LogP contribution is -2.23. The number of rotatable bonds is 10. The Labute approximate surface area is 193 Å². The summed E-state index contributed by atoms with van der Waals surface area (Å²) in [7, 11) is -0.532. The van der Waals surface area contributed by atoms with Gasteiger partial charge in [0.1, 0.15) is 22.9 Å². The van der Waals surface area contributed by atoms with Gasteiger partial charge in [-0.05, 0) is 49.4 Å². The smallest absolute Gasteiger partial charge is 0.204 e. The fraction of sp³-hybridized carbons (Fsp3) is 0.478. The van der Waals surface area contributed by atoms with Crippen molar-refractivity contribution in [2.24, 2.45) is 5.92 Å². The molecule has 1 saturated carbocycles. The number of para-hydroxylation sites is 1. The van der Waals surface area contributed by atoms with E-state index in [1.165, 1.54) is 20.5 Å². The Kier molecular flexibility index (Phi) is 7.04. The van der Waals surface area contributed by atoms with Gasteiger partial charge in [-0.15, -0.1) is 10.2 Å². The van der Waals surface area contributed by atoms with Gasteiger partial charge in [-0.25, -0.2) is 8.42 Å². The van der Waals surface area contributed by atoms with E-state index in [2.05, 4.69) is 10.2 Å². The lowest BCUT2D eigenvalue weighted by atomic mass is 9.99. The normalized spacial score (nSPS) is 15.6. The molecule has 9 nitrogen and oxygen atoms in total. The maximum absolute atomic E-state index is 13.0. The Hall–Kier alpha value is -2.85. The molecule has 1 aliphatic carbocycles. The zero-order valence-electron chi connectivity index (χ0n) is 18.8. The average molecular weight is 476 g/mol. The predicted molar refractivity (Wildman–Crippen MR) is 122 cm³/mol. The Morgan fingerprint density at radius 1 is 1.12 bits per heavy atom. The van der Waals surface area contributed by atoms with Gasteiger partial charge in [-0.3, -0.25) is 4.57 Å². The maximum Gasteiger partial charge on any atom is 0.204 e. The number of sulfone groups is 1. The summed E-state index contributed by atoms with van der Waals surface area (Å²) in [5.74, 6) is 1.62. The minimum absolute atomic E-state index is 0.128. The van der Waals surface area contributed by atoms with Crippen LogP contribution in [-0.2, 0) is 15.6 Å². The zero-order valence-corrected chi connectivity index (χ0v) is 19.6. The molecule has 1 aliphatic rings. The van der Waals surface area contributed by atoms with Gasteiger partial charge in [0.05, 0.1) is 32.3 Å². The van der Waals surface area contributed by atoms with E-state index in [1.54, 1.807) is 34.9 Å². The molecule has 2 aromatic heterocycles. The van der Waals surface area contributed by atoms with Crippen molar-refractivity contribution in [1.29, 1.82) is 0 Å². The third-order valence-electron chi connectivity index (χ3n) is 6.11. The number of hydrogen-bond acceptors (Lipinski definition) is 8. The number of aliphatic hydroxyl groups excluding tert-OH is 1. The first-order valence-electron chi connectivity index (χ1n) is 11.0. The molecule has 0 bridgehead atoms. The lowest BCUT2D eigenvalue weighted by Gasteiger charge is -2.18. The minimum Gasteiger partial charge on any atom is -0.494 e. The molecule has 2 heterocycles. The summed E-state index contributed by atoms with van der Waals surface area (Å²) in [5, 5.41) is 18.8. The Morgan fingerprint density at radius 3 is 2.42 bits per heavy atom. The largest absolute Gasteiger partial charge is 0.494 e. The molecule has 10 heteroatoms. The van der Waals surface area contributed by atoms with Crippen LogP contribution in [0.25, 0.3) is 17.3 Å². The Morgan fingerprint density at radius 2 is 1.82 bits per heavy atom. The van der Waals surface area contributed by atoms with E-state index in [1.807, 2.05) is 0 Å². The van der Waals surface area contributed by atoms with Gasteiger partial charge < -0.3 is 19.0 Å². The van der Waals surface area contributed by atoms with Crippen LogP contribution in [0.5, 0.6) is 11.5 Å². The van der Waals surface area contributed by atoms with Gasteiger partial charge in [0.15, 0.2) is 21.4 Å². The van der Waals surface area contributed by atoms with Crippen molar-refractivity contribution in [2.45, 2.75) is 44.0 Å². The first-order valence-corrected chi connectivity index (χ1v) is 12.8. The number of nitrogens with zero attached hydrogens (tertiary/aromatic N) is 3. The van der Waals surface area contributed by atoms with E-state index in [0.29, 0.717) is 28.8 Å². The van der Waals surface area contributed by atoms with Crippen molar-refractivity contribution in [3.8, 4) is 28.8 Å². The van der Waals surface area contributed by atoms with Gasteiger partial charge in [-0.1, -0.05) is 18.9 Å². The van der Waals surface area contributed by atoms with E-state index in [-0.39, 0.29) is 29.7 Å². The van der Waals surface area contributed by atoms with Gasteiger partial charge >= 0.3 is 0 Å². The fourth-order valence-electron chi connectivity index (χ4n) is 4.41. The van der Waals surface area contributed by atoms with Crippen molar-refractivity contribution in [3.63, 3.8) is 0 Å². The summed E-state index contributed by atoms with van der Waals surface area (Å²) in [4.78, 5) is 0. The standard InChI is InChI=1S/C23H29N3O6S/c1-30-18-9-5-10-19(31-2)22(18)26-21(24-25-23(26)20-11-6-13-32-20)15-33(28,29)14-12-17(27)16-7-3-4-8-16/h5-6,9-11,13,16-17,27H,3-4,7-8,12,14-15H2,1-2H3/t17-/m0/s1. The molecular formula is C23H29N3O6S. The van der Waals surface area contributed by atoms with Crippen molar-refractivity contribution >= 4 is 9.84 Å². The SMILES string of the molecule is COc1cccc(OC)c1-n1c(CS(=O)(=O)CC[C@H](O)C2CCCC2)nnc1-c1ccco1. The molecule has 0 unspecified atom stereocenters. The van der Waals surface area contributed by atoms with Gasteiger partial charge in [0.25, 0.3) is 0 Å². The maximum atomic E-state index is 13.0. The van der Waals surface area contributed by atoms with Gasteiger partial charge in [-0.2, -0.15) is 0 Å². The average Bonchev–Trinajstić information content (AvgIpc) is 3.58. The summed E-state index contributed by atoms with van der Waals surface area (Å²) >= 11 is 0. The number of hydrogen-bond donors (Lipinski definition) is 1. The first-order chi connectivity index (χ1) is 15.9. The van der Waals surface area contributed by atoms with Crippen LogP contribution in [-0.4, -0.2) is 54.4 Å². The molecule has 0 spiro atoms. The predicted octanol–water partition coefficient (Wildman–Crippen LogP) is 3.40. The molecule has 178 valence electrons. The summed E-state index contributed by atoms with van der Waals surface area (Å²) in [5.41, 5.74) is 0.482. The van der Waals surface area contributed by atoms with Crippen LogP contribution < -0.4 is 9.47 Å². The molecular weight excluding hydrogens is 446 g/mol. The highest BCUT2D eigenvalue weighted by molar-refractivity contribution is 7.90. The second-order valence-corrected chi connectivity index (χ2v) is 10.4. The lowest BCUT2D eigenvalue weighted by molar-refractivity contribution is 0.107. The summed E-state index contributed by atoms with van der Waals surface area (Å²) in [6.07, 6.45) is 5.21. The third kappa shape index (κ3) is 5.06. The number of benzene rings is 1. The van der Waals surface area contributed by atoms with Crippen molar-refractivity contribution in [2.75, 3.05) is 20.0 Å². The highest BCUT2D eigenvalue weighted by Crippen LogP contribution is 2.37. The summed E-state index contributed by atoms with van der Waals surface area (Å²) in [6, 6.07) is 8.71. The number of aromatic nitrogens is 3. The van der Waals surface area contributed by atoms with Crippen LogP contribution >= 0.6 is 0 Å². The molecule has 4 rings (SSSR count). The van der Waals surface area contributed by atoms with Crippen LogP contribution in [0.15, 0.2) is 41.0 Å². The molecule has 0 saturated heterocycles. The van der Waals surface area contributed by atoms with Crippen molar-refractivity contribution < 1.29 is 27.4 Å². The Bertz CT molecular complexity index is 1140. The van der Waals surface area contributed by atoms with E-state index in [0.717, 1.165) is 25.7 Å². The van der Waals surface area contributed by atoms with Crippen LogP contribution in [0.3, 0.4) is 0 Å². The summed E-state index contributed by atoms with van der Waals surface area (Å²) in [6.45, 7) is 0. The first kappa shape index (κ1) is 23.3. The Balaban J connectivity index is 1.68. The van der Waals surface area contributed by atoms with Crippen LogP contribution in [0.2, 0.25) is 0 Å². The molecule has 1 atom stereocenters. The van der Waals surface area contributed by atoms with E-state index in [4.69, 9.17) is 13.9 Å². The molecule has 0 radical (unpaired) electrons. The van der Waals surface area contributed by atoms with Crippen molar-refractivity contribution in [3.05, 3.63) is 42.4 Å². The molecule has 0 amide bonds. The monoisotopic (exact) mass is 475 g/mol. The number of aliphatic hydroxyl groups is 1. The van der Waals surface area contributed by atoms with Crippen LogP contribution in [0, 0.1) is 5.92 Å². The highest BCUT2D eigenvalue weighted by Gasteiger charge is 2.28. The van der Waals surface area contributed by atoms with Crippen LogP contribution in [0.4, 0.5) is 0 Å². The molecule has 1 fully saturated rings. The number of methoxy groups -OCH3 is 2. The number of furan rings is 1. The number of ether oxygens (including phenoxy) is 2. The van der Waals surface area contributed by atoms with Crippen molar-refractivity contribution in [1.82, 2.24) is 14.8 Å². The van der Waals surface area contributed by atoms with E-state index >= 15 is 0 Å². The quantitative estimate of drug-likeness (QED) is 0.474. The molecule has 1 aromatic carbocycles. The molecule has 0 aliphatic heterocycles. The van der Waals surface area contributed by atoms with E-state index < -0.39 is 15.9 Å². The molecule has 33 heavy (non-hydrogen) atoms. The minimum atomic E-state index is -3.58. The highest BCUT2D eigenvalue weighted by atomic mass is 32.2. The molecule has 3 aromatic rings. The second kappa shape index (κ2) is 9.96.